The Balaban J connectivity index is 1.60. The van der Waals surface area contributed by atoms with Gasteiger partial charge in [0, 0.05) is 23.6 Å². The van der Waals surface area contributed by atoms with Crippen molar-refractivity contribution in [2.24, 2.45) is 5.92 Å². The molecule has 0 aliphatic carbocycles. The van der Waals surface area contributed by atoms with E-state index in [1.54, 1.807) is 0 Å². The van der Waals surface area contributed by atoms with Gasteiger partial charge < -0.3 is 10.2 Å². The molecule has 1 aromatic carbocycles. The van der Waals surface area contributed by atoms with Crippen molar-refractivity contribution in [2.45, 2.75) is 30.6 Å². The zero-order chi connectivity index (χ0) is 13.8. The Morgan fingerprint density at radius 3 is 2.95 bits per heavy atom. The molecule has 0 aromatic heterocycles. The van der Waals surface area contributed by atoms with Crippen molar-refractivity contribution in [1.29, 1.82) is 0 Å². The molecule has 0 atom stereocenters. The number of hydrogen-bond donors (Lipinski definition) is 1. The number of carbonyl (C=O) groups excluding carboxylic acids is 1. The minimum atomic E-state index is 0.302. The molecule has 0 radical (unpaired) electrons. The zero-order valence-electron chi connectivity index (χ0n) is 11.8. The van der Waals surface area contributed by atoms with Gasteiger partial charge in [0.15, 0.2) is 0 Å². The van der Waals surface area contributed by atoms with Gasteiger partial charge in [0.05, 0.1) is 5.69 Å². The van der Waals surface area contributed by atoms with Crippen molar-refractivity contribution in [2.75, 3.05) is 30.3 Å². The van der Waals surface area contributed by atoms with E-state index in [1.807, 2.05) is 22.7 Å². The van der Waals surface area contributed by atoms with Crippen LogP contribution >= 0.6 is 11.8 Å². The van der Waals surface area contributed by atoms with Crippen LogP contribution in [-0.4, -0.2) is 31.3 Å². The number of fused-ring (bicyclic) bond motifs is 1. The van der Waals surface area contributed by atoms with Crippen LogP contribution in [0.1, 0.15) is 25.7 Å². The number of thioether (sulfide) groups is 1. The summed E-state index contributed by atoms with van der Waals surface area (Å²) < 4.78 is 0. The molecular weight excluding hydrogens is 268 g/mol. The SMILES string of the molecule is O=C(CCC1CCNCC1)N1CCSc2ccccc21. The van der Waals surface area contributed by atoms with Crippen molar-refractivity contribution in [3.8, 4) is 0 Å². The van der Waals surface area contributed by atoms with Gasteiger partial charge in [0.2, 0.25) is 5.91 Å². The van der Waals surface area contributed by atoms with Crippen molar-refractivity contribution in [3.63, 3.8) is 0 Å². The van der Waals surface area contributed by atoms with Gasteiger partial charge in [-0.1, -0.05) is 12.1 Å². The second-order valence-electron chi connectivity index (χ2n) is 5.59. The van der Waals surface area contributed by atoms with E-state index < -0.39 is 0 Å². The highest BCUT2D eigenvalue weighted by molar-refractivity contribution is 7.99. The molecule has 0 unspecified atom stereocenters. The van der Waals surface area contributed by atoms with E-state index in [4.69, 9.17) is 0 Å². The fraction of sp³-hybridized carbons (Fsp3) is 0.562. The lowest BCUT2D eigenvalue weighted by Crippen LogP contribution is -2.36. The maximum atomic E-state index is 12.5. The first-order valence-electron chi connectivity index (χ1n) is 7.57. The molecule has 1 saturated heterocycles. The molecule has 0 bridgehead atoms. The molecule has 2 aliphatic heterocycles. The van der Waals surface area contributed by atoms with Crippen molar-refractivity contribution in [3.05, 3.63) is 24.3 Å². The number of benzene rings is 1. The Morgan fingerprint density at radius 2 is 2.10 bits per heavy atom. The van der Waals surface area contributed by atoms with E-state index in [-0.39, 0.29) is 0 Å². The fourth-order valence-corrected chi connectivity index (χ4v) is 4.06. The number of hydrogen-bond acceptors (Lipinski definition) is 3. The molecule has 4 heteroatoms. The minimum absolute atomic E-state index is 0.302. The van der Waals surface area contributed by atoms with Crippen LogP contribution in [0, 0.1) is 5.92 Å². The molecule has 1 amide bonds. The van der Waals surface area contributed by atoms with Crippen LogP contribution in [0.15, 0.2) is 29.2 Å². The van der Waals surface area contributed by atoms with Crippen molar-refractivity contribution < 1.29 is 4.79 Å². The third-order valence-electron chi connectivity index (χ3n) is 4.25. The van der Waals surface area contributed by atoms with Gasteiger partial charge in [0.1, 0.15) is 0 Å². The smallest absolute Gasteiger partial charge is 0.227 e. The van der Waals surface area contributed by atoms with Crippen LogP contribution in [0.4, 0.5) is 5.69 Å². The largest absolute Gasteiger partial charge is 0.317 e. The third kappa shape index (κ3) is 3.18. The number of nitrogens with one attached hydrogen (secondary N) is 1. The van der Waals surface area contributed by atoms with E-state index in [9.17, 15) is 4.79 Å². The quantitative estimate of drug-likeness (QED) is 0.929. The first-order valence-corrected chi connectivity index (χ1v) is 8.56. The summed E-state index contributed by atoms with van der Waals surface area (Å²) in [5, 5.41) is 3.38. The highest BCUT2D eigenvalue weighted by Gasteiger charge is 2.23. The Hall–Kier alpha value is -1.00. The lowest BCUT2D eigenvalue weighted by Gasteiger charge is -2.30. The first-order chi connectivity index (χ1) is 9.84. The summed E-state index contributed by atoms with van der Waals surface area (Å²) in [6, 6.07) is 8.27. The number of nitrogens with zero attached hydrogens (tertiary/aromatic N) is 1. The number of piperidine rings is 1. The summed E-state index contributed by atoms with van der Waals surface area (Å²) in [6.07, 6.45) is 4.19. The van der Waals surface area contributed by atoms with Gasteiger partial charge in [-0.3, -0.25) is 4.79 Å². The van der Waals surface area contributed by atoms with E-state index in [0.717, 1.165) is 43.4 Å². The Labute approximate surface area is 125 Å². The molecule has 0 saturated carbocycles. The lowest BCUT2D eigenvalue weighted by atomic mass is 9.93. The normalized spacial score (nSPS) is 19.7. The van der Waals surface area contributed by atoms with E-state index in [0.29, 0.717) is 12.3 Å². The molecule has 3 rings (SSSR count). The minimum Gasteiger partial charge on any atom is -0.317 e. The van der Waals surface area contributed by atoms with Crippen LogP contribution in [0.5, 0.6) is 0 Å². The second-order valence-corrected chi connectivity index (χ2v) is 6.73. The number of amides is 1. The molecule has 3 nitrogen and oxygen atoms in total. The molecule has 0 spiro atoms. The highest BCUT2D eigenvalue weighted by Crippen LogP contribution is 2.34. The summed E-state index contributed by atoms with van der Waals surface area (Å²) >= 11 is 1.85. The summed E-state index contributed by atoms with van der Waals surface area (Å²) in [7, 11) is 0. The Morgan fingerprint density at radius 1 is 1.30 bits per heavy atom. The van der Waals surface area contributed by atoms with Crippen LogP contribution in [0.3, 0.4) is 0 Å². The topological polar surface area (TPSA) is 32.3 Å². The molecule has 20 heavy (non-hydrogen) atoms. The maximum absolute atomic E-state index is 12.5. The molecule has 108 valence electrons. The van der Waals surface area contributed by atoms with E-state index in [2.05, 4.69) is 23.5 Å². The number of rotatable bonds is 3. The monoisotopic (exact) mass is 290 g/mol. The van der Waals surface area contributed by atoms with Gasteiger partial charge >= 0.3 is 0 Å². The number of carbonyl (C=O) groups is 1. The van der Waals surface area contributed by atoms with Crippen LogP contribution in [-0.2, 0) is 4.79 Å². The molecule has 2 aliphatic rings. The number of para-hydroxylation sites is 1. The molecule has 1 aromatic rings. The van der Waals surface area contributed by atoms with E-state index >= 15 is 0 Å². The van der Waals surface area contributed by atoms with Gasteiger partial charge in [-0.2, -0.15) is 0 Å². The van der Waals surface area contributed by atoms with Crippen molar-refractivity contribution >= 4 is 23.4 Å². The van der Waals surface area contributed by atoms with Crippen LogP contribution in [0.2, 0.25) is 0 Å². The molecule has 1 N–H and O–H groups in total. The third-order valence-corrected chi connectivity index (χ3v) is 5.30. The van der Waals surface area contributed by atoms with E-state index in [1.165, 1.54) is 17.7 Å². The van der Waals surface area contributed by atoms with Crippen LogP contribution < -0.4 is 10.2 Å². The average Bonchev–Trinajstić information content (AvgIpc) is 2.53. The zero-order valence-corrected chi connectivity index (χ0v) is 12.6. The standard InChI is InChI=1S/C16H22N2OS/c19-16(6-5-13-7-9-17-10-8-13)18-11-12-20-15-4-2-1-3-14(15)18/h1-4,13,17H,5-12H2. The van der Waals surface area contributed by atoms with Gasteiger partial charge in [0.25, 0.3) is 0 Å². The molecule has 1 fully saturated rings. The van der Waals surface area contributed by atoms with Gasteiger partial charge in [-0.05, 0) is 50.4 Å². The molecular formula is C16H22N2OS. The summed E-state index contributed by atoms with van der Waals surface area (Å²) in [6.45, 7) is 3.08. The Bertz CT molecular complexity index is 471. The first kappa shape index (κ1) is 14.0. The summed E-state index contributed by atoms with van der Waals surface area (Å²) in [4.78, 5) is 15.7. The average molecular weight is 290 g/mol. The second kappa shape index (κ2) is 6.64. The fourth-order valence-electron chi connectivity index (χ4n) is 3.06. The van der Waals surface area contributed by atoms with Crippen LogP contribution in [0.25, 0.3) is 0 Å². The Kier molecular flexibility index (Phi) is 4.63. The molecule has 2 heterocycles. The maximum Gasteiger partial charge on any atom is 0.227 e. The number of anilines is 1. The predicted octanol–water partition coefficient (Wildman–Crippen LogP) is 2.91. The lowest BCUT2D eigenvalue weighted by molar-refractivity contribution is -0.118. The summed E-state index contributed by atoms with van der Waals surface area (Å²) in [5.41, 5.74) is 1.11. The van der Waals surface area contributed by atoms with Crippen molar-refractivity contribution in [1.82, 2.24) is 5.32 Å². The predicted molar refractivity (Wildman–Crippen MR) is 84.3 cm³/mol. The summed E-state index contributed by atoms with van der Waals surface area (Å²) in [5.74, 6) is 2.04. The van der Waals surface area contributed by atoms with Gasteiger partial charge in [-0.15, -0.1) is 11.8 Å². The van der Waals surface area contributed by atoms with Gasteiger partial charge in [-0.25, -0.2) is 0 Å². The highest BCUT2D eigenvalue weighted by atomic mass is 32.2.